The second-order valence-electron chi connectivity index (χ2n) is 7.02. The first-order chi connectivity index (χ1) is 13.6. The first kappa shape index (κ1) is 17.2. The number of aliphatic hydroxyl groups is 1. The standard InChI is InChI=1S/C24H19ClN2O/c1-2-27-23-19-10-6-7-11-20(19)24(28,17-12-14-18(25)15-13-17)21(23)22(26-27)16-8-4-3-5-9-16/h3-15,28H,2H2,1H3. The molecule has 0 saturated heterocycles. The first-order valence-corrected chi connectivity index (χ1v) is 9.77. The van der Waals surface area contributed by atoms with Crippen LogP contribution in [0, 0.1) is 0 Å². The van der Waals surface area contributed by atoms with E-state index in [-0.39, 0.29) is 0 Å². The summed E-state index contributed by atoms with van der Waals surface area (Å²) in [6, 6.07) is 25.5. The quantitative estimate of drug-likeness (QED) is 0.505. The minimum Gasteiger partial charge on any atom is -0.376 e. The molecular formula is C24H19ClN2O. The second kappa shape index (κ2) is 6.33. The van der Waals surface area contributed by atoms with Gasteiger partial charge in [-0.2, -0.15) is 5.10 Å². The van der Waals surface area contributed by atoms with Crippen LogP contribution < -0.4 is 0 Å². The Labute approximate surface area is 168 Å². The van der Waals surface area contributed by atoms with Crippen LogP contribution in [0.3, 0.4) is 0 Å². The summed E-state index contributed by atoms with van der Waals surface area (Å²) in [6.45, 7) is 2.80. The van der Waals surface area contributed by atoms with Crippen molar-refractivity contribution in [1.82, 2.24) is 9.78 Å². The molecule has 0 fully saturated rings. The van der Waals surface area contributed by atoms with E-state index in [0.717, 1.165) is 45.7 Å². The van der Waals surface area contributed by atoms with Crippen molar-refractivity contribution in [2.24, 2.45) is 0 Å². The van der Waals surface area contributed by atoms with Crippen molar-refractivity contribution >= 4 is 11.6 Å². The number of benzene rings is 3. The fourth-order valence-corrected chi connectivity index (χ4v) is 4.36. The van der Waals surface area contributed by atoms with Crippen molar-refractivity contribution in [1.29, 1.82) is 0 Å². The molecule has 3 nitrogen and oxygen atoms in total. The van der Waals surface area contributed by atoms with E-state index >= 15 is 0 Å². The topological polar surface area (TPSA) is 38.0 Å². The highest BCUT2D eigenvalue weighted by Crippen LogP contribution is 2.54. The first-order valence-electron chi connectivity index (χ1n) is 9.39. The maximum atomic E-state index is 12.2. The molecule has 1 aromatic heterocycles. The van der Waals surface area contributed by atoms with Crippen molar-refractivity contribution in [3.05, 3.63) is 101 Å². The summed E-state index contributed by atoms with van der Waals surface area (Å²) in [5, 5.41) is 17.7. The van der Waals surface area contributed by atoms with Crippen LogP contribution >= 0.6 is 11.6 Å². The van der Waals surface area contributed by atoms with E-state index in [4.69, 9.17) is 16.7 Å². The molecule has 4 heteroatoms. The third kappa shape index (κ3) is 2.30. The summed E-state index contributed by atoms with van der Waals surface area (Å²) >= 11 is 6.12. The Morgan fingerprint density at radius 1 is 0.929 bits per heavy atom. The normalized spacial score (nSPS) is 17.4. The maximum absolute atomic E-state index is 12.2. The van der Waals surface area contributed by atoms with Gasteiger partial charge in [-0.05, 0) is 24.6 Å². The van der Waals surface area contributed by atoms with E-state index in [2.05, 4.69) is 13.0 Å². The zero-order valence-corrected chi connectivity index (χ0v) is 16.2. The number of rotatable bonds is 3. The lowest BCUT2D eigenvalue weighted by Gasteiger charge is -2.26. The molecule has 1 atom stereocenters. The van der Waals surface area contributed by atoms with Gasteiger partial charge in [-0.15, -0.1) is 0 Å². The molecule has 5 rings (SSSR count). The number of hydrogen-bond donors (Lipinski definition) is 1. The minimum absolute atomic E-state index is 0.645. The Bertz CT molecular complexity index is 1170. The highest BCUT2D eigenvalue weighted by Gasteiger charge is 2.47. The summed E-state index contributed by atoms with van der Waals surface area (Å²) < 4.78 is 1.99. The number of hydrogen-bond acceptors (Lipinski definition) is 2. The van der Waals surface area contributed by atoms with Gasteiger partial charge in [-0.25, -0.2) is 0 Å². The summed E-state index contributed by atoms with van der Waals surface area (Å²) in [5.74, 6) is 0. The number of fused-ring (bicyclic) bond motifs is 3. The van der Waals surface area contributed by atoms with Gasteiger partial charge >= 0.3 is 0 Å². The lowest BCUT2D eigenvalue weighted by Crippen LogP contribution is -2.26. The molecule has 0 amide bonds. The molecule has 1 heterocycles. The number of aromatic nitrogens is 2. The molecule has 138 valence electrons. The van der Waals surface area contributed by atoms with Crippen LogP contribution in [0.1, 0.15) is 23.6 Å². The number of halogens is 1. The molecule has 0 bridgehead atoms. The van der Waals surface area contributed by atoms with Gasteiger partial charge in [-0.1, -0.05) is 78.3 Å². The molecule has 0 spiro atoms. The Kier molecular flexibility index (Phi) is 3.90. The van der Waals surface area contributed by atoms with Gasteiger partial charge in [0, 0.05) is 33.8 Å². The van der Waals surface area contributed by atoms with Crippen LogP contribution in [0.25, 0.3) is 22.5 Å². The average Bonchev–Trinajstić information content (AvgIpc) is 3.25. The molecule has 4 aromatic rings. The Morgan fingerprint density at radius 2 is 1.61 bits per heavy atom. The monoisotopic (exact) mass is 386 g/mol. The fraction of sp³-hybridized carbons (Fsp3) is 0.125. The van der Waals surface area contributed by atoms with E-state index in [0.29, 0.717) is 5.02 Å². The van der Waals surface area contributed by atoms with E-state index in [1.54, 1.807) is 0 Å². The molecule has 0 aliphatic heterocycles. The fourth-order valence-electron chi connectivity index (χ4n) is 4.24. The smallest absolute Gasteiger partial charge is 0.145 e. The van der Waals surface area contributed by atoms with Gasteiger partial charge in [0.05, 0.1) is 11.4 Å². The summed E-state index contributed by atoms with van der Waals surface area (Å²) in [7, 11) is 0. The molecule has 3 aromatic carbocycles. The SMILES string of the molecule is CCn1nc(-c2ccccc2)c2c1-c1ccccc1C2(O)c1ccc(Cl)cc1. The van der Waals surface area contributed by atoms with Crippen molar-refractivity contribution in [2.45, 2.75) is 19.1 Å². The third-order valence-corrected chi connectivity index (χ3v) is 5.75. The van der Waals surface area contributed by atoms with E-state index in [1.807, 2.05) is 77.5 Å². The van der Waals surface area contributed by atoms with Crippen LogP contribution in [0.4, 0.5) is 0 Å². The van der Waals surface area contributed by atoms with Gasteiger partial charge in [0.25, 0.3) is 0 Å². The Morgan fingerprint density at radius 3 is 2.32 bits per heavy atom. The van der Waals surface area contributed by atoms with E-state index in [9.17, 15) is 5.11 Å². The predicted octanol–water partition coefficient (Wildman–Crippen LogP) is 5.49. The van der Waals surface area contributed by atoms with Gasteiger partial charge in [0.15, 0.2) is 0 Å². The van der Waals surface area contributed by atoms with Gasteiger partial charge in [-0.3, -0.25) is 4.68 Å². The molecule has 0 radical (unpaired) electrons. The average molecular weight is 387 g/mol. The Hall–Kier alpha value is -2.88. The van der Waals surface area contributed by atoms with Crippen LogP contribution in [-0.2, 0) is 12.1 Å². The van der Waals surface area contributed by atoms with Gasteiger partial charge in [0.1, 0.15) is 5.60 Å². The van der Waals surface area contributed by atoms with Crippen LogP contribution in [0.5, 0.6) is 0 Å². The Balaban J connectivity index is 1.89. The van der Waals surface area contributed by atoms with Crippen molar-refractivity contribution in [2.75, 3.05) is 0 Å². The highest BCUT2D eigenvalue weighted by atomic mass is 35.5. The molecule has 0 saturated carbocycles. The third-order valence-electron chi connectivity index (χ3n) is 5.49. The summed E-state index contributed by atoms with van der Waals surface area (Å²) in [6.07, 6.45) is 0. The molecule has 1 N–H and O–H groups in total. The van der Waals surface area contributed by atoms with Crippen molar-refractivity contribution in [3.63, 3.8) is 0 Å². The van der Waals surface area contributed by atoms with Gasteiger partial charge in [0.2, 0.25) is 0 Å². The minimum atomic E-state index is -1.28. The molecule has 1 aliphatic carbocycles. The summed E-state index contributed by atoms with van der Waals surface area (Å²) in [5.41, 5.74) is 5.03. The summed E-state index contributed by atoms with van der Waals surface area (Å²) in [4.78, 5) is 0. The molecule has 1 aliphatic rings. The second-order valence-corrected chi connectivity index (χ2v) is 7.45. The van der Waals surface area contributed by atoms with Crippen LogP contribution in [0.15, 0.2) is 78.9 Å². The van der Waals surface area contributed by atoms with Gasteiger partial charge < -0.3 is 5.11 Å². The lowest BCUT2D eigenvalue weighted by atomic mass is 9.83. The largest absolute Gasteiger partial charge is 0.376 e. The maximum Gasteiger partial charge on any atom is 0.145 e. The zero-order valence-electron chi connectivity index (χ0n) is 15.4. The lowest BCUT2D eigenvalue weighted by molar-refractivity contribution is 0.131. The molecule has 1 unspecified atom stereocenters. The number of aryl methyl sites for hydroxylation is 1. The van der Waals surface area contributed by atoms with Crippen LogP contribution in [-0.4, -0.2) is 14.9 Å². The van der Waals surface area contributed by atoms with E-state index < -0.39 is 5.60 Å². The predicted molar refractivity (Wildman–Crippen MR) is 112 cm³/mol. The van der Waals surface area contributed by atoms with Crippen LogP contribution in [0.2, 0.25) is 5.02 Å². The van der Waals surface area contributed by atoms with E-state index in [1.165, 1.54) is 0 Å². The molecule has 28 heavy (non-hydrogen) atoms. The highest BCUT2D eigenvalue weighted by molar-refractivity contribution is 6.30. The van der Waals surface area contributed by atoms with Crippen molar-refractivity contribution in [3.8, 4) is 22.5 Å². The number of nitrogens with zero attached hydrogens (tertiary/aromatic N) is 2. The zero-order chi connectivity index (χ0) is 19.3. The molecular weight excluding hydrogens is 368 g/mol. The van der Waals surface area contributed by atoms with Crippen molar-refractivity contribution < 1.29 is 5.11 Å².